The molecule has 0 spiro atoms. The highest BCUT2D eigenvalue weighted by molar-refractivity contribution is 7.92. The van der Waals surface area contributed by atoms with Gasteiger partial charge in [-0.05, 0) is 117 Å². The van der Waals surface area contributed by atoms with E-state index in [1.54, 1.807) is 49.3 Å². The smallest absolute Gasteiger partial charge is 0.230 e. The first-order valence-corrected chi connectivity index (χ1v) is 35.2. The molecule has 0 aliphatic heterocycles. The molecule has 0 unspecified atom stereocenters. The predicted molar refractivity (Wildman–Crippen MR) is 350 cm³/mol. The number of aromatic nitrogens is 11. The van der Waals surface area contributed by atoms with Gasteiger partial charge in [-0.25, -0.2) is 65.1 Å². The van der Waals surface area contributed by atoms with E-state index in [0.717, 1.165) is 55.6 Å². The van der Waals surface area contributed by atoms with Crippen LogP contribution in [-0.4, -0.2) is 121 Å². The molecule has 0 amide bonds. The summed E-state index contributed by atoms with van der Waals surface area (Å²) in [5.41, 5.74) is 7.98. The van der Waals surface area contributed by atoms with Crippen molar-refractivity contribution in [3.8, 4) is 52.6 Å². The number of carbonyl (C=O) groups is 1. The van der Waals surface area contributed by atoms with Crippen molar-refractivity contribution in [3.05, 3.63) is 170 Å². The van der Waals surface area contributed by atoms with E-state index in [1.165, 1.54) is 74.5 Å². The molecule has 0 atom stereocenters. The summed E-state index contributed by atoms with van der Waals surface area (Å²) in [6.07, 6.45) is 24.9. The Kier molecular flexibility index (Phi) is 17.5. The van der Waals surface area contributed by atoms with Crippen molar-refractivity contribution in [2.45, 2.75) is 78.5 Å². The van der Waals surface area contributed by atoms with Gasteiger partial charge in [0.25, 0.3) is 0 Å². The standard InChI is InChI=1S/C24H21N5O4S.2C21H18N6O3S/c1-14(30)21-12-33-24(29-21)20-11-27-23-19(5-6-26-23)22(20)28-17-7-16(8-17)13-34(31,32)18-4-2-3-15(9-18)10-25;2*22-10-13-1-3-23-18(9-13)31(28,29)12-14-7-15(8-14)27-19-16-2-4-24-20(16)26-11-17(19)21-25-5-6-30-21/h2-6,9,11-12,16-17H,7-8,13H2,1H3,(H2,26,27,28);2*1-6,9,11,14-15H,7-8,12H2,(H2,24,26,27). The lowest BCUT2D eigenvalue weighted by molar-refractivity contribution is 0.101. The molecule has 3 aliphatic rings. The Morgan fingerprint density at radius 2 is 0.906 bits per heavy atom. The number of nitrogens with zero attached hydrogens (tertiary/aromatic N) is 11. The zero-order valence-corrected chi connectivity index (χ0v) is 53.4. The Morgan fingerprint density at radius 3 is 1.29 bits per heavy atom. The second kappa shape index (κ2) is 26.5. The molecule has 0 bridgehead atoms. The Bertz CT molecular complexity index is 5140. The molecular formula is C66H57N17O10S3. The molecule has 3 saturated carbocycles. The molecule has 12 aromatic rings. The maximum absolute atomic E-state index is 12.8. The summed E-state index contributed by atoms with van der Waals surface area (Å²) in [6.45, 7) is 1.42. The van der Waals surface area contributed by atoms with E-state index in [2.05, 4.69) is 70.8 Å². The number of anilines is 3. The first-order chi connectivity index (χ1) is 46.4. The number of rotatable bonds is 19. The molecule has 27 nitrogen and oxygen atoms in total. The normalized spacial score (nSPS) is 18.2. The van der Waals surface area contributed by atoms with Crippen molar-refractivity contribution in [3.63, 3.8) is 0 Å². The summed E-state index contributed by atoms with van der Waals surface area (Å²) in [4.78, 5) is 55.0. The summed E-state index contributed by atoms with van der Waals surface area (Å²) < 4.78 is 92.9. The maximum atomic E-state index is 12.8. The van der Waals surface area contributed by atoms with E-state index in [0.29, 0.717) is 73.0 Å². The number of oxazole rings is 3. The van der Waals surface area contributed by atoms with Crippen LogP contribution in [0.5, 0.6) is 0 Å². The minimum atomic E-state index is -3.55. The van der Waals surface area contributed by atoms with Gasteiger partial charge in [-0.15, -0.1) is 0 Å². The monoisotopic (exact) mass is 1340 g/mol. The number of H-pyrrole nitrogens is 3. The van der Waals surface area contributed by atoms with Crippen molar-refractivity contribution in [1.82, 2.24) is 54.8 Å². The fraction of sp³-hybridized carbons (Fsp3) is 0.242. The van der Waals surface area contributed by atoms with Gasteiger partial charge >= 0.3 is 0 Å². The van der Waals surface area contributed by atoms with E-state index in [4.69, 9.17) is 29.0 Å². The zero-order valence-electron chi connectivity index (χ0n) is 50.9. The first kappa shape index (κ1) is 63.4. The number of carbonyl (C=O) groups excluding carboxylic acids is 1. The van der Waals surface area contributed by atoms with Crippen molar-refractivity contribution in [2.24, 2.45) is 17.8 Å². The molecule has 0 radical (unpaired) electrons. The quantitative estimate of drug-likeness (QED) is 0.0410. The van der Waals surface area contributed by atoms with Gasteiger partial charge in [0.1, 0.15) is 41.4 Å². The average molecular weight is 1340 g/mol. The number of benzene rings is 1. The molecule has 3 aliphatic carbocycles. The van der Waals surface area contributed by atoms with Crippen molar-refractivity contribution in [1.29, 1.82) is 15.8 Å². The van der Waals surface area contributed by atoms with E-state index in [1.807, 2.05) is 48.8 Å². The molecule has 30 heteroatoms. The fourth-order valence-corrected chi connectivity index (χ4v) is 16.9. The van der Waals surface area contributed by atoms with Crippen LogP contribution in [0.1, 0.15) is 72.6 Å². The Hall–Kier alpha value is -11.4. The van der Waals surface area contributed by atoms with E-state index < -0.39 is 29.5 Å². The van der Waals surface area contributed by atoms with Gasteiger partial charge in [-0.3, -0.25) is 4.79 Å². The lowest BCUT2D eigenvalue weighted by Gasteiger charge is -2.36. The Balaban J connectivity index is 0.000000130. The van der Waals surface area contributed by atoms with Crippen LogP contribution < -0.4 is 16.0 Å². The molecule has 1 aromatic carbocycles. The maximum Gasteiger partial charge on any atom is 0.230 e. The summed E-state index contributed by atoms with van der Waals surface area (Å²) in [5.74, 6) is 1.14. The van der Waals surface area contributed by atoms with Gasteiger partial charge in [0, 0.05) is 90.8 Å². The number of ketones is 1. The second-order valence-corrected chi connectivity index (χ2v) is 29.6. The van der Waals surface area contributed by atoms with E-state index in [9.17, 15) is 30.0 Å². The molecule has 11 heterocycles. The van der Waals surface area contributed by atoms with Crippen LogP contribution in [-0.2, 0) is 29.5 Å². The number of Topliss-reactive ketones (excluding diaryl/α,β-unsaturated/α-hetero) is 1. The van der Waals surface area contributed by atoms with Gasteiger partial charge in [-0.1, -0.05) is 6.07 Å². The van der Waals surface area contributed by atoms with E-state index in [-0.39, 0.29) is 90.7 Å². The largest absolute Gasteiger partial charge is 0.444 e. The van der Waals surface area contributed by atoms with Crippen LogP contribution in [0, 0.1) is 51.7 Å². The number of pyridine rings is 5. The van der Waals surface area contributed by atoms with Crippen LogP contribution in [0.15, 0.2) is 176 Å². The molecule has 0 saturated heterocycles. The van der Waals surface area contributed by atoms with Crippen molar-refractivity contribution < 1.29 is 43.3 Å². The first-order valence-electron chi connectivity index (χ1n) is 30.3. The predicted octanol–water partition coefficient (Wildman–Crippen LogP) is 10.3. The third-order valence-corrected chi connectivity index (χ3v) is 22.4. The van der Waals surface area contributed by atoms with Gasteiger partial charge in [0.15, 0.2) is 45.3 Å². The molecule has 11 aromatic heterocycles. The topological polar surface area (TPSA) is 417 Å². The fourth-order valence-electron chi connectivity index (χ4n) is 12.1. The molecule has 6 N–H and O–H groups in total. The highest BCUT2D eigenvalue weighted by Crippen LogP contribution is 2.42. The molecule has 484 valence electrons. The third kappa shape index (κ3) is 13.5. The molecular weight excluding hydrogens is 1290 g/mol. The highest BCUT2D eigenvalue weighted by Gasteiger charge is 2.38. The van der Waals surface area contributed by atoms with Crippen LogP contribution >= 0.6 is 0 Å². The van der Waals surface area contributed by atoms with Crippen LogP contribution in [0.25, 0.3) is 67.5 Å². The van der Waals surface area contributed by atoms with Crippen molar-refractivity contribution in [2.75, 3.05) is 33.2 Å². The summed E-state index contributed by atoms with van der Waals surface area (Å²) in [6, 6.07) is 23.7. The lowest BCUT2D eigenvalue weighted by Crippen LogP contribution is -2.39. The van der Waals surface area contributed by atoms with Crippen LogP contribution in [0.3, 0.4) is 0 Å². The van der Waals surface area contributed by atoms with Gasteiger partial charge in [0.2, 0.25) is 17.7 Å². The molecule has 15 rings (SSSR count). The summed E-state index contributed by atoms with van der Waals surface area (Å²) in [7, 11) is -10.6. The number of hydrogen-bond donors (Lipinski definition) is 6. The number of nitriles is 3. The van der Waals surface area contributed by atoms with Gasteiger partial charge in [-0.2, -0.15) is 15.8 Å². The molecule has 96 heavy (non-hydrogen) atoms. The van der Waals surface area contributed by atoms with Gasteiger partial charge in [0.05, 0.1) is 103 Å². The second-order valence-electron chi connectivity index (χ2n) is 23.6. The van der Waals surface area contributed by atoms with Crippen molar-refractivity contribution >= 4 is 85.5 Å². The number of nitrogens with one attached hydrogen (secondary N) is 6. The number of hydrogen-bond acceptors (Lipinski definition) is 24. The average Bonchev–Trinajstić information content (AvgIpc) is 1.58. The number of fused-ring (bicyclic) bond motifs is 3. The molecule has 3 fully saturated rings. The number of aromatic amines is 3. The van der Waals surface area contributed by atoms with E-state index >= 15 is 0 Å². The summed E-state index contributed by atoms with van der Waals surface area (Å²) in [5, 5.41) is 40.2. The number of sulfone groups is 3. The van der Waals surface area contributed by atoms with Gasteiger partial charge < -0.3 is 44.2 Å². The third-order valence-electron chi connectivity index (χ3n) is 17.0. The van der Waals surface area contributed by atoms with Crippen LogP contribution in [0.2, 0.25) is 0 Å². The Labute approximate surface area is 548 Å². The summed E-state index contributed by atoms with van der Waals surface area (Å²) >= 11 is 0. The minimum Gasteiger partial charge on any atom is -0.444 e. The minimum absolute atomic E-state index is 0.00583. The zero-order chi connectivity index (χ0) is 66.7. The Morgan fingerprint density at radius 1 is 0.500 bits per heavy atom. The highest BCUT2D eigenvalue weighted by atomic mass is 32.2. The lowest BCUT2D eigenvalue weighted by atomic mass is 9.81. The SMILES string of the molecule is CC(=O)c1coc(-c2cnc3[nH]ccc3c2NC2CC(CS(=O)(=O)c3cccc(C#N)c3)C2)n1.N#Cc1ccnc(S(=O)(=O)CC2CC(Nc3c(-c4ncco4)cnc4[nH]ccc34)C2)c1.N#Cc1ccnc(S(=O)(=O)CC2CC(Nc3c(-c4ncco4)cnc4[nH]ccc34)C2)c1. The van der Waals surface area contributed by atoms with Crippen LogP contribution in [0.4, 0.5) is 17.1 Å².